The first kappa shape index (κ1) is 20.6. The number of nitrogens with zero attached hydrogens (tertiary/aromatic N) is 1. The van der Waals surface area contributed by atoms with Crippen LogP contribution in [0.5, 0.6) is 11.5 Å². The molecule has 0 unspecified atom stereocenters. The third-order valence-electron chi connectivity index (χ3n) is 5.34. The quantitative estimate of drug-likeness (QED) is 0.328. The molecule has 160 valence electrons. The Hall–Kier alpha value is -3.67. The predicted octanol–water partition coefficient (Wildman–Crippen LogP) is 5.68. The van der Waals surface area contributed by atoms with E-state index < -0.39 is 0 Å². The van der Waals surface area contributed by atoms with Crippen molar-refractivity contribution in [1.29, 1.82) is 0 Å². The summed E-state index contributed by atoms with van der Waals surface area (Å²) in [7, 11) is 1.69. The maximum atomic E-state index is 5.99. The molecule has 31 heavy (non-hydrogen) atoms. The normalized spacial score (nSPS) is 10.8. The molecule has 0 fully saturated rings. The summed E-state index contributed by atoms with van der Waals surface area (Å²) < 4.78 is 11.3. The maximum Gasteiger partial charge on any atom is 0.147 e. The average molecular weight is 417 g/mol. The van der Waals surface area contributed by atoms with Gasteiger partial charge in [0, 0.05) is 59.0 Å². The van der Waals surface area contributed by atoms with Crippen LogP contribution in [0.15, 0.2) is 61.1 Å². The molecular formula is C25H28N4O2. The smallest absolute Gasteiger partial charge is 0.147 e. The molecule has 0 saturated heterocycles. The summed E-state index contributed by atoms with van der Waals surface area (Å²) in [6.45, 7) is 5.49. The Morgan fingerprint density at radius 3 is 2.61 bits per heavy atom. The molecule has 0 aliphatic carbocycles. The molecular weight excluding hydrogens is 388 g/mol. The average Bonchev–Trinajstić information content (AvgIpc) is 3.20. The molecule has 0 aliphatic heterocycles. The highest BCUT2D eigenvalue weighted by atomic mass is 16.5. The van der Waals surface area contributed by atoms with Crippen LogP contribution in [0.4, 0.5) is 17.1 Å². The van der Waals surface area contributed by atoms with Crippen molar-refractivity contribution >= 4 is 28.0 Å². The van der Waals surface area contributed by atoms with Gasteiger partial charge in [-0.25, -0.2) is 0 Å². The van der Waals surface area contributed by atoms with E-state index in [1.165, 1.54) is 10.9 Å². The Morgan fingerprint density at radius 1 is 1.03 bits per heavy atom. The van der Waals surface area contributed by atoms with E-state index in [2.05, 4.69) is 51.9 Å². The zero-order chi connectivity index (χ0) is 21.6. The van der Waals surface area contributed by atoms with Crippen LogP contribution in [-0.2, 0) is 6.42 Å². The third kappa shape index (κ3) is 4.58. The second-order valence-electron chi connectivity index (χ2n) is 7.31. The Kier molecular flexibility index (Phi) is 6.26. The first-order chi connectivity index (χ1) is 15.2. The van der Waals surface area contributed by atoms with Gasteiger partial charge in [-0.3, -0.25) is 4.98 Å². The fourth-order valence-electron chi connectivity index (χ4n) is 3.72. The van der Waals surface area contributed by atoms with Gasteiger partial charge < -0.3 is 25.1 Å². The summed E-state index contributed by atoms with van der Waals surface area (Å²) >= 11 is 0. The number of anilines is 3. The summed E-state index contributed by atoms with van der Waals surface area (Å²) in [6, 6.07) is 14.2. The Bertz CT molecular complexity index is 1160. The van der Waals surface area contributed by atoms with Gasteiger partial charge >= 0.3 is 0 Å². The van der Waals surface area contributed by atoms with E-state index in [1.807, 2.05) is 31.2 Å². The molecule has 4 rings (SSSR count). The lowest BCUT2D eigenvalue weighted by Crippen LogP contribution is -2.08. The highest BCUT2D eigenvalue weighted by Gasteiger charge is 2.12. The summed E-state index contributed by atoms with van der Waals surface area (Å²) in [4.78, 5) is 7.41. The van der Waals surface area contributed by atoms with Gasteiger partial charge in [0.25, 0.3) is 0 Å². The highest BCUT2D eigenvalue weighted by Crippen LogP contribution is 2.35. The van der Waals surface area contributed by atoms with Crippen molar-refractivity contribution < 1.29 is 9.47 Å². The molecule has 6 nitrogen and oxygen atoms in total. The minimum absolute atomic E-state index is 0.610. The van der Waals surface area contributed by atoms with Crippen molar-refractivity contribution in [3.8, 4) is 11.5 Å². The zero-order valence-electron chi connectivity index (χ0n) is 18.2. The molecule has 0 spiro atoms. The van der Waals surface area contributed by atoms with E-state index in [0.717, 1.165) is 52.6 Å². The lowest BCUT2D eigenvalue weighted by atomic mass is 10.1. The molecule has 6 heteroatoms. The number of ether oxygens (including phenoxy) is 2. The lowest BCUT2D eigenvalue weighted by molar-refractivity contribution is 0.339. The Labute approximate surface area is 182 Å². The Morgan fingerprint density at radius 2 is 1.84 bits per heavy atom. The molecule has 0 amide bonds. The molecule has 0 aliphatic rings. The minimum atomic E-state index is 0.610. The molecule has 4 aromatic rings. The van der Waals surface area contributed by atoms with Gasteiger partial charge in [0.15, 0.2) is 0 Å². The van der Waals surface area contributed by atoms with Crippen LogP contribution >= 0.6 is 0 Å². The fraction of sp³-hybridized carbons (Fsp3) is 0.240. The first-order valence-corrected chi connectivity index (χ1v) is 10.5. The number of pyridine rings is 1. The van der Waals surface area contributed by atoms with Crippen LogP contribution in [0.3, 0.4) is 0 Å². The summed E-state index contributed by atoms with van der Waals surface area (Å²) in [6.07, 6.45) is 6.52. The van der Waals surface area contributed by atoms with E-state index in [9.17, 15) is 0 Å². The molecule has 0 radical (unpaired) electrons. The van der Waals surface area contributed by atoms with Gasteiger partial charge in [0.2, 0.25) is 0 Å². The standard InChI is InChI=1S/C25H28N4O2/c1-4-31-25-17(2)22(29-19-10-12-26-13-11-19)7-8-23(25)27-14-9-18-16-28-24-15-20(30-3)5-6-21(18)24/h5-8,10-13,15-16,27-28H,4,9,14H2,1-3H3,(H,26,29). The molecule has 0 atom stereocenters. The fourth-order valence-corrected chi connectivity index (χ4v) is 3.72. The lowest BCUT2D eigenvalue weighted by Gasteiger charge is -2.18. The van der Waals surface area contributed by atoms with Gasteiger partial charge in [0.05, 0.1) is 19.4 Å². The number of nitrogens with one attached hydrogen (secondary N) is 3. The van der Waals surface area contributed by atoms with Crippen LogP contribution in [-0.4, -0.2) is 30.2 Å². The van der Waals surface area contributed by atoms with Crippen LogP contribution in [0, 0.1) is 6.92 Å². The molecule has 2 aromatic heterocycles. The van der Waals surface area contributed by atoms with E-state index in [1.54, 1.807) is 19.5 Å². The van der Waals surface area contributed by atoms with Crippen LogP contribution in [0.2, 0.25) is 0 Å². The van der Waals surface area contributed by atoms with Crippen LogP contribution in [0.1, 0.15) is 18.1 Å². The largest absolute Gasteiger partial charge is 0.497 e. The van der Waals surface area contributed by atoms with E-state index in [-0.39, 0.29) is 0 Å². The number of aromatic nitrogens is 2. The molecule has 3 N–H and O–H groups in total. The number of hydrogen-bond donors (Lipinski definition) is 3. The summed E-state index contributed by atoms with van der Waals surface area (Å²) in [5, 5.41) is 8.22. The number of hydrogen-bond acceptors (Lipinski definition) is 5. The van der Waals surface area contributed by atoms with Crippen molar-refractivity contribution in [2.75, 3.05) is 30.9 Å². The zero-order valence-corrected chi connectivity index (χ0v) is 18.2. The summed E-state index contributed by atoms with van der Waals surface area (Å²) in [5.74, 6) is 1.74. The third-order valence-corrected chi connectivity index (χ3v) is 5.34. The van der Waals surface area contributed by atoms with E-state index in [4.69, 9.17) is 9.47 Å². The second-order valence-corrected chi connectivity index (χ2v) is 7.31. The number of benzene rings is 2. The van der Waals surface area contributed by atoms with Crippen molar-refractivity contribution in [3.05, 3.63) is 72.2 Å². The molecule has 0 saturated carbocycles. The molecule has 2 heterocycles. The number of H-pyrrole nitrogens is 1. The summed E-state index contributed by atoms with van der Waals surface area (Å²) in [5.41, 5.74) is 6.45. The molecule has 0 bridgehead atoms. The second kappa shape index (κ2) is 9.43. The van der Waals surface area contributed by atoms with Gasteiger partial charge in [-0.2, -0.15) is 0 Å². The highest BCUT2D eigenvalue weighted by molar-refractivity contribution is 5.84. The number of aromatic amines is 1. The minimum Gasteiger partial charge on any atom is -0.497 e. The maximum absolute atomic E-state index is 5.99. The SMILES string of the molecule is CCOc1c(NCCc2c[nH]c3cc(OC)ccc23)ccc(Nc2ccncc2)c1C. The number of methoxy groups -OCH3 is 1. The predicted molar refractivity (Wildman–Crippen MR) is 127 cm³/mol. The topological polar surface area (TPSA) is 71.2 Å². The van der Waals surface area contributed by atoms with Crippen molar-refractivity contribution in [2.24, 2.45) is 0 Å². The molecule has 2 aromatic carbocycles. The van der Waals surface area contributed by atoms with Crippen molar-refractivity contribution in [3.63, 3.8) is 0 Å². The van der Waals surface area contributed by atoms with Crippen molar-refractivity contribution in [1.82, 2.24) is 9.97 Å². The number of rotatable bonds is 9. The Balaban J connectivity index is 1.48. The van der Waals surface area contributed by atoms with E-state index >= 15 is 0 Å². The van der Waals surface area contributed by atoms with Gasteiger partial charge in [-0.1, -0.05) is 0 Å². The van der Waals surface area contributed by atoms with Crippen LogP contribution < -0.4 is 20.1 Å². The monoisotopic (exact) mass is 416 g/mol. The van der Waals surface area contributed by atoms with Gasteiger partial charge in [-0.05, 0) is 62.2 Å². The first-order valence-electron chi connectivity index (χ1n) is 10.5. The van der Waals surface area contributed by atoms with Crippen LogP contribution in [0.25, 0.3) is 10.9 Å². The van der Waals surface area contributed by atoms with Crippen molar-refractivity contribution in [2.45, 2.75) is 20.3 Å². The van der Waals surface area contributed by atoms with E-state index in [0.29, 0.717) is 6.61 Å². The van der Waals surface area contributed by atoms with Gasteiger partial charge in [0.1, 0.15) is 11.5 Å². The number of fused-ring (bicyclic) bond motifs is 1. The van der Waals surface area contributed by atoms with Gasteiger partial charge in [-0.15, -0.1) is 0 Å².